The minimum atomic E-state index is -4.05. The number of benzene rings is 4. The minimum absolute atomic E-state index is 0.0179. The highest BCUT2D eigenvalue weighted by Gasteiger charge is 2.41. The van der Waals surface area contributed by atoms with Gasteiger partial charge in [0, 0.05) is 11.1 Å². The Hall–Kier alpha value is -5.42. The number of carbonyl (C=O) groups is 3. The summed E-state index contributed by atoms with van der Waals surface area (Å²) in [6, 6.07) is 27.0. The maximum Gasteiger partial charge on any atom is 0.343 e. The van der Waals surface area contributed by atoms with E-state index in [1.165, 1.54) is 49.6 Å². The third-order valence-corrected chi connectivity index (χ3v) is 8.16. The summed E-state index contributed by atoms with van der Waals surface area (Å²) in [5.74, 6) is -1.77. The first-order valence-electron chi connectivity index (χ1n) is 13.8. The third-order valence-electron chi connectivity index (χ3n) is 6.76. The first kappa shape index (κ1) is 31.0. The van der Waals surface area contributed by atoms with Crippen molar-refractivity contribution in [3.05, 3.63) is 120 Å². The van der Waals surface area contributed by atoms with Crippen LogP contribution in [0.2, 0.25) is 0 Å². The van der Waals surface area contributed by atoms with Gasteiger partial charge in [0.25, 0.3) is 15.9 Å². The molecule has 0 saturated carbocycles. The topological polar surface area (TPSA) is 128 Å². The van der Waals surface area contributed by atoms with Crippen molar-refractivity contribution in [2.45, 2.75) is 25.7 Å². The molecule has 0 aliphatic carbocycles. The Balaban J connectivity index is 1.63. The molecule has 0 unspecified atom stereocenters. The Kier molecular flexibility index (Phi) is 8.47. The fourth-order valence-corrected chi connectivity index (χ4v) is 5.42. The van der Waals surface area contributed by atoms with Crippen molar-refractivity contribution < 1.29 is 37.1 Å². The van der Waals surface area contributed by atoms with Gasteiger partial charge >= 0.3 is 11.9 Å². The van der Waals surface area contributed by atoms with E-state index in [-0.39, 0.29) is 38.7 Å². The Bertz CT molecular complexity index is 1900. The molecule has 0 saturated heterocycles. The normalized spacial score (nSPS) is 14.0. The van der Waals surface area contributed by atoms with Crippen LogP contribution >= 0.6 is 0 Å². The van der Waals surface area contributed by atoms with Crippen molar-refractivity contribution in [3.8, 4) is 5.75 Å². The average molecular weight is 627 g/mol. The molecule has 4 aromatic carbocycles. The number of nitrogens with one attached hydrogen (secondary N) is 1. The molecular weight excluding hydrogens is 596 g/mol. The van der Waals surface area contributed by atoms with Crippen LogP contribution in [0.15, 0.2) is 108 Å². The van der Waals surface area contributed by atoms with E-state index >= 15 is 0 Å². The predicted molar refractivity (Wildman–Crippen MR) is 168 cm³/mol. The summed E-state index contributed by atoms with van der Waals surface area (Å²) in [5, 5.41) is 0.794. The quantitative estimate of drug-likeness (QED) is 0.142. The van der Waals surface area contributed by atoms with Crippen LogP contribution in [-0.2, 0) is 29.2 Å². The summed E-state index contributed by atoms with van der Waals surface area (Å²) in [4.78, 5) is 45.9. The zero-order valence-corrected chi connectivity index (χ0v) is 25.8. The molecule has 10 nitrogen and oxygen atoms in total. The maximum atomic E-state index is 14.1. The highest BCUT2D eigenvalue weighted by Crippen LogP contribution is 2.43. The third kappa shape index (κ3) is 6.58. The molecule has 1 aliphatic rings. The molecule has 5 rings (SSSR count). The van der Waals surface area contributed by atoms with Gasteiger partial charge in [-0.3, -0.25) is 9.52 Å². The fraction of sp³-hybridized carbons (Fsp3) is 0.147. The van der Waals surface area contributed by atoms with Crippen LogP contribution in [0.1, 0.15) is 42.3 Å². The van der Waals surface area contributed by atoms with Gasteiger partial charge < -0.3 is 14.3 Å². The molecule has 45 heavy (non-hydrogen) atoms. The Morgan fingerprint density at radius 3 is 1.98 bits per heavy atom. The van der Waals surface area contributed by atoms with Crippen LogP contribution < -0.4 is 14.5 Å². The van der Waals surface area contributed by atoms with Crippen molar-refractivity contribution in [3.63, 3.8) is 0 Å². The Morgan fingerprint density at radius 1 is 0.800 bits per heavy atom. The SMILES string of the molecule is COc1ccc(S(=O)(=O)Nc2ccc3c(c2)N(OC(=O)C(C)(C)C)C(=O)/C3=C(\OC(=O)c2ccccc2)c2ccccc2)cc1. The molecular formula is C34H30N2O8S. The number of hydrogen-bond acceptors (Lipinski definition) is 8. The smallest absolute Gasteiger partial charge is 0.343 e. The lowest BCUT2D eigenvalue weighted by molar-refractivity contribution is -0.157. The second kappa shape index (κ2) is 12.3. The van der Waals surface area contributed by atoms with E-state index in [1.807, 2.05) is 0 Å². The molecule has 0 atom stereocenters. The molecule has 0 aromatic heterocycles. The van der Waals surface area contributed by atoms with Crippen LogP contribution in [0, 0.1) is 5.41 Å². The van der Waals surface area contributed by atoms with Gasteiger partial charge in [-0.15, -0.1) is 5.06 Å². The van der Waals surface area contributed by atoms with E-state index < -0.39 is 33.3 Å². The summed E-state index contributed by atoms with van der Waals surface area (Å²) in [6.45, 7) is 4.89. The van der Waals surface area contributed by atoms with Crippen LogP contribution in [0.3, 0.4) is 0 Å². The van der Waals surface area contributed by atoms with Crippen molar-refractivity contribution >= 4 is 50.6 Å². The highest BCUT2D eigenvalue weighted by atomic mass is 32.2. The number of hydrogen-bond donors (Lipinski definition) is 1. The molecule has 11 heteroatoms. The van der Waals surface area contributed by atoms with Gasteiger partial charge in [-0.25, -0.2) is 18.0 Å². The molecule has 1 aliphatic heterocycles. The van der Waals surface area contributed by atoms with E-state index in [9.17, 15) is 22.8 Å². The Morgan fingerprint density at radius 2 is 1.40 bits per heavy atom. The first-order valence-corrected chi connectivity index (χ1v) is 15.3. The molecule has 1 heterocycles. The lowest BCUT2D eigenvalue weighted by atomic mass is 9.98. The number of methoxy groups -OCH3 is 1. The highest BCUT2D eigenvalue weighted by molar-refractivity contribution is 7.92. The largest absolute Gasteiger partial charge is 0.497 e. The lowest BCUT2D eigenvalue weighted by Crippen LogP contribution is -2.35. The molecule has 4 aromatic rings. The van der Waals surface area contributed by atoms with Crippen molar-refractivity contribution in [2.75, 3.05) is 16.9 Å². The van der Waals surface area contributed by atoms with E-state index in [2.05, 4.69) is 4.72 Å². The second-order valence-corrected chi connectivity index (χ2v) is 12.7. The Labute approximate surface area is 260 Å². The van der Waals surface area contributed by atoms with E-state index in [0.717, 1.165) is 5.06 Å². The fourth-order valence-electron chi connectivity index (χ4n) is 4.37. The molecule has 1 amide bonds. The maximum absolute atomic E-state index is 14.1. The number of esters is 1. The molecule has 0 spiro atoms. The summed E-state index contributed by atoms with van der Waals surface area (Å²) in [5.41, 5.74) is 0.0776. The van der Waals surface area contributed by atoms with Crippen LogP contribution in [0.4, 0.5) is 11.4 Å². The predicted octanol–water partition coefficient (Wildman–Crippen LogP) is 6.07. The van der Waals surface area contributed by atoms with E-state index in [1.54, 1.807) is 81.4 Å². The molecule has 0 bridgehead atoms. The first-order chi connectivity index (χ1) is 21.4. The lowest BCUT2D eigenvalue weighted by Gasteiger charge is -2.22. The summed E-state index contributed by atoms with van der Waals surface area (Å²) in [7, 11) is -2.58. The number of sulfonamides is 1. The van der Waals surface area contributed by atoms with Gasteiger partial charge in [-0.05, 0) is 75.4 Å². The minimum Gasteiger partial charge on any atom is -0.497 e. The van der Waals surface area contributed by atoms with Crippen LogP contribution in [0.5, 0.6) is 5.75 Å². The molecule has 230 valence electrons. The van der Waals surface area contributed by atoms with E-state index in [4.69, 9.17) is 14.3 Å². The second-order valence-electron chi connectivity index (χ2n) is 11.1. The monoisotopic (exact) mass is 626 g/mol. The number of nitrogens with zero attached hydrogens (tertiary/aromatic N) is 1. The number of ether oxygens (including phenoxy) is 2. The standard InChI is InChI=1S/C34H30N2O8S/c1-34(2,3)33(39)44-36-28-21-24(35-45(40,41)26-18-16-25(42-4)17-19-26)15-20-27(28)29(31(36)37)30(22-11-7-5-8-12-22)43-32(38)23-13-9-6-10-14-23/h5-21,35H,1-4H3/b30-29-. The van der Waals surface area contributed by atoms with Gasteiger partial charge in [0.15, 0.2) is 5.76 Å². The molecule has 0 fully saturated rings. The van der Waals surface area contributed by atoms with Gasteiger partial charge in [0.05, 0.1) is 39.9 Å². The molecule has 0 radical (unpaired) electrons. The van der Waals surface area contributed by atoms with Gasteiger partial charge in [0.2, 0.25) is 0 Å². The number of rotatable bonds is 8. The summed E-state index contributed by atoms with van der Waals surface area (Å²) < 4.78 is 39.9. The number of anilines is 2. The van der Waals surface area contributed by atoms with Crippen molar-refractivity contribution in [2.24, 2.45) is 5.41 Å². The number of fused-ring (bicyclic) bond motifs is 1. The number of amides is 1. The van der Waals surface area contributed by atoms with Crippen LogP contribution in [-0.4, -0.2) is 33.4 Å². The average Bonchev–Trinajstić information content (AvgIpc) is 3.29. The summed E-state index contributed by atoms with van der Waals surface area (Å²) >= 11 is 0. The van der Waals surface area contributed by atoms with Gasteiger partial charge in [-0.2, -0.15) is 0 Å². The number of hydroxylamine groups is 1. The van der Waals surface area contributed by atoms with Gasteiger partial charge in [0.1, 0.15) is 5.75 Å². The van der Waals surface area contributed by atoms with E-state index in [0.29, 0.717) is 11.3 Å². The van der Waals surface area contributed by atoms with Crippen LogP contribution in [0.25, 0.3) is 11.3 Å². The number of carbonyl (C=O) groups excluding carboxylic acids is 3. The zero-order valence-electron chi connectivity index (χ0n) is 24.9. The summed E-state index contributed by atoms with van der Waals surface area (Å²) in [6.07, 6.45) is 0. The molecule has 1 N–H and O–H groups in total. The van der Waals surface area contributed by atoms with Crippen molar-refractivity contribution in [1.29, 1.82) is 0 Å². The van der Waals surface area contributed by atoms with Gasteiger partial charge in [-0.1, -0.05) is 48.5 Å². The van der Waals surface area contributed by atoms with Crippen molar-refractivity contribution in [1.82, 2.24) is 0 Å². The zero-order chi connectivity index (χ0) is 32.4.